The van der Waals surface area contributed by atoms with Gasteiger partial charge in [-0.2, -0.15) is 0 Å². The Kier molecular flexibility index (Phi) is 6.27. The molecule has 2 heterocycles. The second-order valence-corrected chi connectivity index (χ2v) is 9.16. The molecule has 0 saturated carbocycles. The number of nitrogens with zero attached hydrogens (tertiary/aromatic N) is 2. The molecule has 0 aliphatic rings. The van der Waals surface area contributed by atoms with Crippen molar-refractivity contribution in [2.24, 2.45) is 0 Å². The molecule has 0 N–H and O–H groups in total. The molecule has 2 aromatic heterocycles. The summed E-state index contributed by atoms with van der Waals surface area (Å²) in [5, 5.41) is 6.44. The number of hydrogen-bond donors (Lipinski definition) is 0. The van der Waals surface area contributed by atoms with Gasteiger partial charge in [-0.3, -0.25) is 4.98 Å². The maximum Gasteiger partial charge on any atom is 0.146 e. The molecule has 0 amide bonds. The molecular formula is C28H22Cl2N2O2. The van der Waals surface area contributed by atoms with Crippen molar-refractivity contribution in [3.8, 4) is 28.1 Å². The number of hydrogen-bond acceptors (Lipinski definition) is 4. The molecule has 0 atom stereocenters. The van der Waals surface area contributed by atoms with Crippen LogP contribution >= 0.6 is 23.2 Å². The molecule has 0 unspecified atom stereocenters. The highest BCUT2D eigenvalue weighted by Gasteiger charge is 2.23. The van der Waals surface area contributed by atoms with E-state index in [-0.39, 0.29) is 12.5 Å². The van der Waals surface area contributed by atoms with Crippen LogP contribution in [0, 0.1) is 0 Å². The zero-order chi connectivity index (χ0) is 23.7. The predicted octanol–water partition coefficient (Wildman–Crippen LogP) is 8.57. The van der Waals surface area contributed by atoms with E-state index in [1.807, 2.05) is 24.3 Å². The molecule has 34 heavy (non-hydrogen) atoms. The first kappa shape index (κ1) is 22.5. The second-order valence-electron chi connectivity index (χ2n) is 8.35. The molecule has 0 aliphatic heterocycles. The molecule has 0 spiro atoms. The SMILES string of the molecule is CC(C)c1onc(-c2c(Cl)cccc2Cl)c1COc1ccc(-c2ccc3ncccc3c2)cc1. The van der Waals surface area contributed by atoms with Crippen molar-refractivity contribution < 1.29 is 9.26 Å². The smallest absolute Gasteiger partial charge is 0.146 e. The van der Waals surface area contributed by atoms with Gasteiger partial charge >= 0.3 is 0 Å². The molecular weight excluding hydrogens is 467 g/mol. The van der Waals surface area contributed by atoms with E-state index in [2.05, 4.69) is 54.3 Å². The zero-order valence-corrected chi connectivity index (χ0v) is 20.3. The van der Waals surface area contributed by atoms with Crippen LogP contribution < -0.4 is 4.74 Å². The van der Waals surface area contributed by atoms with Gasteiger partial charge in [0.1, 0.15) is 23.8 Å². The number of rotatable bonds is 6. The number of fused-ring (bicyclic) bond motifs is 1. The third-order valence-corrected chi connectivity index (χ3v) is 6.35. The summed E-state index contributed by atoms with van der Waals surface area (Å²) in [5.41, 5.74) is 5.33. The maximum atomic E-state index is 6.44. The molecule has 0 radical (unpaired) electrons. The van der Waals surface area contributed by atoms with Crippen molar-refractivity contribution in [3.63, 3.8) is 0 Å². The number of ether oxygens (including phenoxy) is 1. The quantitative estimate of drug-likeness (QED) is 0.240. The zero-order valence-electron chi connectivity index (χ0n) is 18.8. The van der Waals surface area contributed by atoms with Crippen LogP contribution in [0.4, 0.5) is 0 Å². The minimum absolute atomic E-state index is 0.130. The van der Waals surface area contributed by atoms with Crippen molar-refractivity contribution in [1.29, 1.82) is 0 Å². The van der Waals surface area contributed by atoms with Crippen LogP contribution in [0.5, 0.6) is 5.75 Å². The minimum Gasteiger partial charge on any atom is -0.489 e. The lowest BCUT2D eigenvalue weighted by Crippen LogP contribution is -2.01. The fourth-order valence-electron chi connectivity index (χ4n) is 3.99. The Morgan fingerprint density at radius 1 is 0.882 bits per heavy atom. The standard InChI is InChI=1S/C28H22Cl2N2O2/c1-17(2)28-22(27(32-34-28)26-23(29)6-3-7-24(26)30)16-33-21-11-8-18(9-12-21)19-10-13-25-20(15-19)5-4-14-31-25/h3-15,17H,16H2,1-2H3. The van der Waals surface area contributed by atoms with Gasteiger partial charge in [-0.15, -0.1) is 0 Å². The molecule has 0 saturated heterocycles. The Hall–Kier alpha value is -3.34. The number of benzene rings is 3. The Balaban J connectivity index is 1.40. The molecule has 6 heteroatoms. The number of aromatic nitrogens is 2. The Bertz CT molecular complexity index is 1440. The molecule has 4 nitrogen and oxygen atoms in total. The summed E-state index contributed by atoms with van der Waals surface area (Å²) in [6.45, 7) is 4.39. The van der Waals surface area contributed by atoms with Crippen LogP contribution in [-0.4, -0.2) is 10.1 Å². The van der Waals surface area contributed by atoms with Crippen molar-refractivity contribution in [1.82, 2.24) is 10.1 Å². The van der Waals surface area contributed by atoms with Gasteiger partial charge in [0.25, 0.3) is 0 Å². The van der Waals surface area contributed by atoms with E-state index in [0.717, 1.165) is 39.1 Å². The summed E-state index contributed by atoms with van der Waals surface area (Å²) < 4.78 is 11.8. The first-order valence-corrected chi connectivity index (χ1v) is 11.8. The molecule has 0 fully saturated rings. The van der Waals surface area contributed by atoms with Crippen LogP contribution in [0.2, 0.25) is 10.0 Å². The van der Waals surface area contributed by atoms with E-state index in [4.69, 9.17) is 32.5 Å². The van der Waals surface area contributed by atoms with Gasteiger partial charge in [-0.05, 0) is 53.6 Å². The van der Waals surface area contributed by atoms with E-state index in [1.54, 1.807) is 24.4 Å². The number of halogens is 2. The monoisotopic (exact) mass is 488 g/mol. The molecule has 5 aromatic rings. The highest BCUT2D eigenvalue weighted by molar-refractivity contribution is 6.39. The third kappa shape index (κ3) is 4.39. The fraction of sp³-hybridized carbons (Fsp3) is 0.143. The molecule has 3 aromatic carbocycles. The molecule has 5 rings (SSSR count). The lowest BCUT2D eigenvalue weighted by atomic mass is 10.0. The average molecular weight is 489 g/mol. The van der Waals surface area contributed by atoms with Gasteiger partial charge < -0.3 is 9.26 Å². The highest BCUT2D eigenvalue weighted by atomic mass is 35.5. The van der Waals surface area contributed by atoms with Crippen LogP contribution in [0.15, 0.2) is 83.5 Å². The summed E-state index contributed by atoms with van der Waals surface area (Å²) in [5.74, 6) is 1.64. The normalized spacial score (nSPS) is 11.3. The van der Waals surface area contributed by atoms with Crippen LogP contribution in [-0.2, 0) is 6.61 Å². The van der Waals surface area contributed by atoms with Gasteiger partial charge in [-0.1, -0.05) is 72.5 Å². The van der Waals surface area contributed by atoms with Crippen molar-refractivity contribution >= 4 is 34.1 Å². The minimum atomic E-state index is 0.130. The van der Waals surface area contributed by atoms with Crippen LogP contribution in [0.25, 0.3) is 33.3 Å². The summed E-state index contributed by atoms with van der Waals surface area (Å²) in [6, 6.07) is 23.7. The second kappa shape index (κ2) is 9.49. The van der Waals surface area contributed by atoms with Crippen LogP contribution in [0.1, 0.15) is 31.1 Å². The fourth-order valence-corrected chi connectivity index (χ4v) is 4.57. The average Bonchev–Trinajstić information content (AvgIpc) is 3.26. The van der Waals surface area contributed by atoms with E-state index < -0.39 is 0 Å². The van der Waals surface area contributed by atoms with Gasteiger partial charge in [-0.25, -0.2) is 0 Å². The van der Waals surface area contributed by atoms with Crippen molar-refractivity contribution in [2.45, 2.75) is 26.4 Å². The predicted molar refractivity (Wildman–Crippen MR) is 138 cm³/mol. The van der Waals surface area contributed by atoms with Crippen molar-refractivity contribution in [3.05, 3.63) is 100 Å². The lowest BCUT2D eigenvalue weighted by Gasteiger charge is -2.11. The van der Waals surface area contributed by atoms with E-state index in [0.29, 0.717) is 21.3 Å². The molecule has 0 bridgehead atoms. The highest BCUT2D eigenvalue weighted by Crippen LogP contribution is 2.39. The van der Waals surface area contributed by atoms with Gasteiger partial charge in [0, 0.05) is 23.1 Å². The Labute approximate surface area is 208 Å². The van der Waals surface area contributed by atoms with Crippen LogP contribution in [0.3, 0.4) is 0 Å². The van der Waals surface area contributed by atoms with E-state index in [1.165, 1.54) is 0 Å². The van der Waals surface area contributed by atoms with E-state index >= 15 is 0 Å². The number of pyridine rings is 1. The Morgan fingerprint density at radius 3 is 2.35 bits per heavy atom. The summed E-state index contributed by atoms with van der Waals surface area (Å²) >= 11 is 12.9. The first-order valence-electron chi connectivity index (χ1n) is 11.0. The maximum absolute atomic E-state index is 6.44. The summed E-state index contributed by atoms with van der Waals surface area (Å²) in [4.78, 5) is 4.39. The lowest BCUT2D eigenvalue weighted by molar-refractivity contribution is 0.298. The Morgan fingerprint density at radius 2 is 1.62 bits per heavy atom. The molecule has 170 valence electrons. The largest absolute Gasteiger partial charge is 0.489 e. The molecule has 0 aliphatic carbocycles. The topological polar surface area (TPSA) is 48.2 Å². The summed E-state index contributed by atoms with van der Waals surface area (Å²) in [7, 11) is 0. The van der Waals surface area contributed by atoms with Gasteiger partial charge in [0.05, 0.1) is 21.1 Å². The van der Waals surface area contributed by atoms with E-state index in [9.17, 15) is 0 Å². The third-order valence-electron chi connectivity index (χ3n) is 5.72. The van der Waals surface area contributed by atoms with Gasteiger partial charge in [0.2, 0.25) is 0 Å². The summed E-state index contributed by atoms with van der Waals surface area (Å²) in [6.07, 6.45) is 1.81. The van der Waals surface area contributed by atoms with Crippen molar-refractivity contribution in [2.75, 3.05) is 0 Å². The van der Waals surface area contributed by atoms with Gasteiger partial charge in [0.15, 0.2) is 0 Å². The first-order chi connectivity index (χ1) is 16.5.